The van der Waals surface area contributed by atoms with Crippen LogP contribution in [0.5, 0.6) is 0 Å². The number of carboxylic acid groups (broad SMARTS) is 1. The van der Waals surface area contributed by atoms with Gasteiger partial charge < -0.3 is 9.67 Å². The molecule has 4 nitrogen and oxygen atoms in total. The molecule has 0 unspecified atom stereocenters. The average Bonchev–Trinajstić information content (AvgIpc) is 2.57. The molecule has 1 N–H and O–H groups in total. The second kappa shape index (κ2) is 6.25. The molecule has 0 aliphatic rings. The summed E-state index contributed by atoms with van der Waals surface area (Å²) >= 11 is 5.78. The minimum absolute atomic E-state index is 0.0732. The van der Waals surface area contributed by atoms with Crippen LogP contribution >= 0.6 is 11.6 Å². The van der Waals surface area contributed by atoms with Crippen LogP contribution in [0.1, 0.15) is 15.9 Å². The van der Waals surface area contributed by atoms with Crippen LogP contribution in [-0.4, -0.2) is 15.6 Å². The number of benzene rings is 2. The Morgan fingerprint density at radius 3 is 2.36 bits per heavy atom. The lowest BCUT2D eigenvalue weighted by molar-refractivity contribution is 0.0695. The molecule has 8 heteroatoms. The number of hydrogen-bond donors (Lipinski definition) is 1. The Labute approximate surface area is 143 Å². The van der Waals surface area contributed by atoms with Gasteiger partial charge in [0.2, 0.25) is 5.43 Å². The molecule has 0 spiro atoms. The molecule has 0 radical (unpaired) electrons. The molecule has 0 atom stereocenters. The molecule has 0 bridgehead atoms. The molecule has 3 rings (SSSR count). The molecule has 0 aliphatic carbocycles. The predicted molar refractivity (Wildman–Crippen MR) is 85.6 cm³/mol. The van der Waals surface area contributed by atoms with E-state index < -0.39 is 45.3 Å². The second-order valence-electron chi connectivity index (χ2n) is 5.31. The van der Waals surface area contributed by atoms with Gasteiger partial charge in [-0.2, -0.15) is 0 Å². The SMILES string of the molecule is O=C(O)c1cn(Cc2ccc(Cl)cc2)c2c(F)c(F)c(F)cc2c1=O. The average molecular weight is 368 g/mol. The van der Waals surface area contributed by atoms with Gasteiger partial charge in [-0.05, 0) is 23.8 Å². The number of pyridine rings is 1. The Bertz CT molecular complexity index is 1060. The fourth-order valence-corrected chi connectivity index (χ4v) is 2.65. The molecular weight excluding hydrogens is 359 g/mol. The third-order valence-corrected chi connectivity index (χ3v) is 3.95. The molecule has 0 aliphatic heterocycles. The summed E-state index contributed by atoms with van der Waals surface area (Å²) in [6, 6.07) is 6.84. The smallest absolute Gasteiger partial charge is 0.341 e. The van der Waals surface area contributed by atoms with Crippen LogP contribution in [0.15, 0.2) is 41.3 Å². The van der Waals surface area contributed by atoms with Crippen LogP contribution in [0.2, 0.25) is 5.02 Å². The van der Waals surface area contributed by atoms with Crippen molar-refractivity contribution in [1.29, 1.82) is 0 Å². The molecular formula is C17H9ClF3NO3. The molecule has 0 saturated carbocycles. The summed E-state index contributed by atoms with van der Waals surface area (Å²) in [4.78, 5) is 23.4. The summed E-state index contributed by atoms with van der Waals surface area (Å²) in [5, 5.41) is 9.06. The van der Waals surface area contributed by atoms with E-state index in [9.17, 15) is 22.8 Å². The molecule has 25 heavy (non-hydrogen) atoms. The van der Waals surface area contributed by atoms with Crippen LogP contribution in [0.4, 0.5) is 13.2 Å². The maximum atomic E-state index is 14.3. The number of rotatable bonds is 3. The van der Waals surface area contributed by atoms with Gasteiger partial charge in [-0.1, -0.05) is 23.7 Å². The van der Waals surface area contributed by atoms with Crippen molar-refractivity contribution >= 4 is 28.5 Å². The Morgan fingerprint density at radius 1 is 1.12 bits per heavy atom. The first-order valence-electron chi connectivity index (χ1n) is 6.98. The van der Waals surface area contributed by atoms with E-state index >= 15 is 0 Å². The first-order chi connectivity index (χ1) is 11.8. The number of carboxylic acids is 1. The molecule has 128 valence electrons. The number of aromatic nitrogens is 1. The third kappa shape index (κ3) is 2.98. The molecule has 0 saturated heterocycles. The van der Waals surface area contributed by atoms with Gasteiger partial charge in [-0.25, -0.2) is 18.0 Å². The quantitative estimate of drug-likeness (QED) is 0.716. The highest BCUT2D eigenvalue weighted by atomic mass is 35.5. The van der Waals surface area contributed by atoms with Crippen molar-refractivity contribution < 1.29 is 23.1 Å². The first-order valence-corrected chi connectivity index (χ1v) is 7.35. The summed E-state index contributed by atoms with van der Waals surface area (Å²) in [6.45, 7) is -0.0732. The summed E-state index contributed by atoms with van der Waals surface area (Å²) < 4.78 is 42.4. The fourth-order valence-electron chi connectivity index (χ4n) is 2.53. The van der Waals surface area contributed by atoms with Crippen molar-refractivity contribution in [3.63, 3.8) is 0 Å². The van der Waals surface area contributed by atoms with Crippen molar-refractivity contribution in [1.82, 2.24) is 4.57 Å². The van der Waals surface area contributed by atoms with Gasteiger partial charge in [-0.15, -0.1) is 0 Å². The van der Waals surface area contributed by atoms with E-state index in [0.29, 0.717) is 16.7 Å². The number of fused-ring (bicyclic) bond motifs is 1. The van der Waals surface area contributed by atoms with E-state index in [4.69, 9.17) is 16.7 Å². The lowest BCUT2D eigenvalue weighted by atomic mass is 10.1. The van der Waals surface area contributed by atoms with E-state index in [1.165, 1.54) is 0 Å². The van der Waals surface area contributed by atoms with Gasteiger partial charge >= 0.3 is 5.97 Å². The van der Waals surface area contributed by atoms with Crippen LogP contribution in [0, 0.1) is 17.5 Å². The highest BCUT2D eigenvalue weighted by molar-refractivity contribution is 6.30. The van der Waals surface area contributed by atoms with Crippen molar-refractivity contribution in [3.8, 4) is 0 Å². The van der Waals surface area contributed by atoms with E-state index in [1.807, 2.05) is 0 Å². The van der Waals surface area contributed by atoms with E-state index in [2.05, 4.69) is 0 Å². The number of carbonyl (C=O) groups is 1. The second-order valence-corrected chi connectivity index (χ2v) is 5.75. The van der Waals surface area contributed by atoms with Gasteiger partial charge in [0.1, 0.15) is 5.56 Å². The van der Waals surface area contributed by atoms with Crippen molar-refractivity contribution in [2.75, 3.05) is 0 Å². The molecule has 0 fully saturated rings. The Morgan fingerprint density at radius 2 is 1.76 bits per heavy atom. The zero-order valence-corrected chi connectivity index (χ0v) is 13.1. The van der Waals surface area contributed by atoms with E-state index in [-0.39, 0.29) is 6.54 Å². The van der Waals surface area contributed by atoms with Crippen molar-refractivity contribution in [3.05, 3.63) is 80.4 Å². The zero-order valence-electron chi connectivity index (χ0n) is 12.4. The molecule has 3 aromatic rings. The van der Waals surface area contributed by atoms with E-state index in [1.54, 1.807) is 24.3 Å². The van der Waals surface area contributed by atoms with Crippen LogP contribution in [-0.2, 0) is 6.54 Å². The van der Waals surface area contributed by atoms with Gasteiger partial charge in [0.15, 0.2) is 17.5 Å². The molecule has 2 aromatic carbocycles. The van der Waals surface area contributed by atoms with Crippen LogP contribution in [0.25, 0.3) is 10.9 Å². The lowest BCUT2D eigenvalue weighted by Gasteiger charge is -2.14. The normalized spacial score (nSPS) is 11.0. The van der Waals surface area contributed by atoms with Crippen LogP contribution < -0.4 is 5.43 Å². The predicted octanol–water partition coefficient (Wildman–Crippen LogP) is 3.82. The number of hydrogen-bond acceptors (Lipinski definition) is 2. The fraction of sp³-hybridized carbons (Fsp3) is 0.0588. The standard InChI is InChI=1S/C17H9ClF3NO3/c18-9-3-1-8(2-4-9)6-22-7-11(17(24)25)16(23)10-5-12(19)13(20)14(21)15(10)22/h1-5,7H,6H2,(H,24,25). The topological polar surface area (TPSA) is 59.3 Å². The maximum absolute atomic E-state index is 14.3. The largest absolute Gasteiger partial charge is 0.477 e. The van der Waals surface area contributed by atoms with Gasteiger partial charge in [0.25, 0.3) is 0 Å². The summed E-state index contributed by atoms with van der Waals surface area (Å²) in [6.07, 6.45) is 0.905. The van der Waals surface area contributed by atoms with Gasteiger partial charge in [0.05, 0.1) is 10.9 Å². The lowest BCUT2D eigenvalue weighted by Crippen LogP contribution is -2.20. The Hall–Kier alpha value is -2.80. The van der Waals surface area contributed by atoms with Crippen molar-refractivity contribution in [2.24, 2.45) is 0 Å². The van der Waals surface area contributed by atoms with Crippen LogP contribution in [0.3, 0.4) is 0 Å². The summed E-state index contributed by atoms with van der Waals surface area (Å²) in [7, 11) is 0. The van der Waals surface area contributed by atoms with E-state index in [0.717, 1.165) is 10.8 Å². The molecule has 1 aromatic heterocycles. The summed E-state index contributed by atoms with van der Waals surface area (Å²) in [5.41, 5.74) is -1.68. The Balaban J connectivity index is 2.34. The highest BCUT2D eigenvalue weighted by Crippen LogP contribution is 2.23. The minimum atomic E-state index is -1.74. The summed E-state index contributed by atoms with van der Waals surface area (Å²) in [5.74, 6) is -6.41. The first kappa shape index (κ1) is 17.0. The van der Waals surface area contributed by atoms with Gasteiger partial charge in [-0.3, -0.25) is 4.79 Å². The highest BCUT2D eigenvalue weighted by Gasteiger charge is 2.22. The molecule has 0 amide bonds. The minimum Gasteiger partial charge on any atom is -0.477 e. The number of halogens is 4. The maximum Gasteiger partial charge on any atom is 0.341 e. The monoisotopic (exact) mass is 367 g/mol. The third-order valence-electron chi connectivity index (χ3n) is 3.69. The van der Waals surface area contributed by atoms with Gasteiger partial charge in [0, 0.05) is 17.8 Å². The number of nitrogens with zero attached hydrogens (tertiary/aromatic N) is 1. The van der Waals surface area contributed by atoms with Crippen molar-refractivity contribution in [2.45, 2.75) is 6.54 Å². The Kier molecular flexibility index (Phi) is 4.26. The number of aromatic carboxylic acids is 1. The zero-order chi connectivity index (χ0) is 18.3. The molecule has 1 heterocycles.